The molecule has 0 saturated carbocycles. The molecule has 0 radical (unpaired) electrons. The molecular weight excluding hydrogens is 426 g/mol. The minimum absolute atomic E-state index is 0.163. The average molecular weight is 456 g/mol. The normalized spacial score (nSPS) is 10.9. The van der Waals surface area contributed by atoms with Crippen molar-refractivity contribution in [3.05, 3.63) is 94.5 Å². The first-order valence-corrected chi connectivity index (χ1v) is 11.1. The fraction of sp³-hybridized carbons (Fsp3) is 0.172. The second-order valence-corrected chi connectivity index (χ2v) is 8.67. The van der Waals surface area contributed by atoms with E-state index in [2.05, 4.69) is 0 Å². The largest absolute Gasteiger partial charge is 0.508 e. The summed E-state index contributed by atoms with van der Waals surface area (Å²) >= 11 is 0. The van der Waals surface area contributed by atoms with Gasteiger partial charge in [-0.05, 0) is 92.8 Å². The summed E-state index contributed by atoms with van der Waals surface area (Å²) in [6, 6.07) is 20.3. The standard InChI is InChI=1S/C29H29NO4/c1-17-10-13-24(16-25(17)31)34-23-14-11-22(12-15-23)30(26-18(2)6-8-20(4)28(26)32)27-19(3)7-9-21(5)29(27)33/h6-16,31-33H,1-5H3. The molecule has 0 aliphatic rings. The van der Waals surface area contributed by atoms with Gasteiger partial charge in [-0.1, -0.05) is 30.3 Å². The molecule has 0 heterocycles. The quantitative estimate of drug-likeness (QED) is 0.289. The van der Waals surface area contributed by atoms with Crippen LogP contribution in [0.25, 0.3) is 0 Å². The van der Waals surface area contributed by atoms with Gasteiger partial charge in [-0.2, -0.15) is 0 Å². The topological polar surface area (TPSA) is 73.2 Å². The van der Waals surface area contributed by atoms with Crippen molar-refractivity contribution in [3.8, 4) is 28.7 Å². The number of ether oxygens (including phenoxy) is 1. The molecule has 4 aromatic rings. The van der Waals surface area contributed by atoms with Gasteiger partial charge in [0.05, 0.1) is 11.4 Å². The zero-order valence-electron chi connectivity index (χ0n) is 20.0. The molecule has 3 N–H and O–H groups in total. The third kappa shape index (κ3) is 4.25. The van der Waals surface area contributed by atoms with Crippen LogP contribution in [0.2, 0.25) is 0 Å². The first kappa shape index (κ1) is 23.1. The summed E-state index contributed by atoms with van der Waals surface area (Å²) in [4.78, 5) is 1.89. The van der Waals surface area contributed by atoms with Crippen molar-refractivity contribution in [1.82, 2.24) is 0 Å². The summed E-state index contributed by atoms with van der Waals surface area (Å²) < 4.78 is 5.92. The van der Waals surface area contributed by atoms with Gasteiger partial charge in [-0.25, -0.2) is 0 Å². The van der Waals surface area contributed by atoms with Gasteiger partial charge in [0.15, 0.2) is 0 Å². The minimum Gasteiger partial charge on any atom is -0.508 e. The molecule has 34 heavy (non-hydrogen) atoms. The number of phenols is 3. The minimum atomic E-state index is 0.163. The Kier molecular flexibility index (Phi) is 6.12. The Labute approximate surface area is 200 Å². The van der Waals surface area contributed by atoms with Crippen LogP contribution in [0.5, 0.6) is 28.7 Å². The summed E-state index contributed by atoms with van der Waals surface area (Å²) in [5, 5.41) is 32.1. The molecule has 174 valence electrons. The third-order valence-corrected chi connectivity index (χ3v) is 6.07. The Balaban J connectivity index is 1.83. The third-order valence-electron chi connectivity index (χ3n) is 6.07. The lowest BCUT2D eigenvalue weighted by Gasteiger charge is -2.30. The van der Waals surface area contributed by atoms with Crippen LogP contribution in [0.4, 0.5) is 17.1 Å². The Morgan fingerprint density at radius 1 is 0.529 bits per heavy atom. The number of hydrogen-bond acceptors (Lipinski definition) is 5. The van der Waals surface area contributed by atoms with Crippen LogP contribution in [-0.4, -0.2) is 15.3 Å². The van der Waals surface area contributed by atoms with Gasteiger partial charge in [0, 0.05) is 11.8 Å². The maximum Gasteiger partial charge on any atom is 0.142 e. The molecule has 0 spiro atoms. The molecule has 0 aliphatic heterocycles. The molecule has 4 aromatic carbocycles. The number of aromatic hydroxyl groups is 3. The first-order valence-electron chi connectivity index (χ1n) is 11.1. The molecule has 0 aliphatic carbocycles. The monoisotopic (exact) mass is 455 g/mol. The summed E-state index contributed by atoms with van der Waals surface area (Å²) in [7, 11) is 0. The molecular formula is C29H29NO4. The van der Waals surface area contributed by atoms with E-state index >= 15 is 0 Å². The second kappa shape index (κ2) is 9.02. The summed E-state index contributed by atoms with van der Waals surface area (Å²) in [6.07, 6.45) is 0. The van der Waals surface area contributed by atoms with Crippen LogP contribution in [0.15, 0.2) is 66.7 Å². The smallest absolute Gasteiger partial charge is 0.142 e. The highest BCUT2D eigenvalue weighted by Gasteiger charge is 2.24. The van der Waals surface area contributed by atoms with E-state index < -0.39 is 0 Å². The predicted octanol–water partition coefficient (Wildman–Crippen LogP) is 7.61. The van der Waals surface area contributed by atoms with Crippen LogP contribution >= 0.6 is 0 Å². The Morgan fingerprint density at radius 2 is 0.971 bits per heavy atom. The van der Waals surface area contributed by atoms with Crippen LogP contribution in [0.1, 0.15) is 27.8 Å². The van der Waals surface area contributed by atoms with E-state index in [1.807, 2.05) is 88.0 Å². The lowest BCUT2D eigenvalue weighted by atomic mass is 10.0. The Hall–Kier alpha value is -4.12. The van der Waals surface area contributed by atoms with Crippen LogP contribution in [0.3, 0.4) is 0 Å². The Morgan fingerprint density at radius 3 is 1.47 bits per heavy atom. The van der Waals surface area contributed by atoms with Crippen molar-refractivity contribution in [2.45, 2.75) is 34.6 Å². The number of aryl methyl sites for hydroxylation is 5. The number of nitrogens with zero attached hydrogens (tertiary/aromatic N) is 1. The highest BCUT2D eigenvalue weighted by molar-refractivity contribution is 5.87. The molecule has 0 amide bonds. The van der Waals surface area contributed by atoms with E-state index in [0.717, 1.165) is 33.5 Å². The average Bonchev–Trinajstić information content (AvgIpc) is 2.81. The highest BCUT2D eigenvalue weighted by Crippen LogP contribution is 2.48. The van der Waals surface area contributed by atoms with Gasteiger partial charge >= 0.3 is 0 Å². The van der Waals surface area contributed by atoms with E-state index in [9.17, 15) is 15.3 Å². The second-order valence-electron chi connectivity index (χ2n) is 8.67. The van der Waals surface area contributed by atoms with Crippen molar-refractivity contribution >= 4 is 17.1 Å². The van der Waals surface area contributed by atoms with Crippen molar-refractivity contribution in [2.24, 2.45) is 0 Å². The van der Waals surface area contributed by atoms with E-state index in [-0.39, 0.29) is 17.2 Å². The van der Waals surface area contributed by atoms with E-state index in [1.54, 1.807) is 18.2 Å². The number of hydrogen-bond donors (Lipinski definition) is 3. The maximum absolute atomic E-state index is 11.0. The first-order chi connectivity index (χ1) is 16.2. The zero-order chi connectivity index (χ0) is 24.6. The van der Waals surface area contributed by atoms with Crippen molar-refractivity contribution in [1.29, 1.82) is 0 Å². The van der Waals surface area contributed by atoms with E-state index in [1.165, 1.54) is 0 Å². The van der Waals surface area contributed by atoms with E-state index in [4.69, 9.17) is 4.74 Å². The number of benzene rings is 4. The summed E-state index contributed by atoms with van der Waals surface area (Å²) in [5.74, 6) is 1.64. The molecule has 0 saturated heterocycles. The molecule has 0 atom stereocenters. The molecule has 0 aromatic heterocycles. The number of phenolic OH excluding ortho intramolecular Hbond substituents is 3. The number of rotatable bonds is 5. The molecule has 5 heteroatoms. The molecule has 0 bridgehead atoms. The van der Waals surface area contributed by atoms with E-state index in [0.29, 0.717) is 22.9 Å². The van der Waals surface area contributed by atoms with Gasteiger partial charge in [-0.15, -0.1) is 0 Å². The fourth-order valence-electron chi connectivity index (χ4n) is 3.95. The maximum atomic E-state index is 11.0. The van der Waals surface area contributed by atoms with Gasteiger partial charge < -0.3 is 25.0 Å². The molecule has 5 nitrogen and oxygen atoms in total. The van der Waals surface area contributed by atoms with Crippen molar-refractivity contribution in [3.63, 3.8) is 0 Å². The van der Waals surface area contributed by atoms with Crippen molar-refractivity contribution in [2.75, 3.05) is 4.90 Å². The van der Waals surface area contributed by atoms with Gasteiger partial charge in [0.25, 0.3) is 0 Å². The van der Waals surface area contributed by atoms with Gasteiger partial charge in [0.1, 0.15) is 28.7 Å². The SMILES string of the molecule is Cc1ccc(Oc2ccc(N(c3c(C)ccc(C)c3O)c3c(C)ccc(C)c3O)cc2)cc1O. The number of anilines is 3. The van der Waals surface area contributed by atoms with Gasteiger partial charge in [-0.3, -0.25) is 0 Å². The summed E-state index contributed by atoms with van der Waals surface area (Å²) in [5.41, 5.74) is 6.00. The van der Waals surface area contributed by atoms with Crippen LogP contribution < -0.4 is 9.64 Å². The van der Waals surface area contributed by atoms with Gasteiger partial charge in [0.2, 0.25) is 0 Å². The molecule has 4 rings (SSSR count). The zero-order valence-corrected chi connectivity index (χ0v) is 20.0. The van der Waals surface area contributed by atoms with Crippen LogP contribution in [-0.2, 0) is 0 Å². The van der Waals surface area contributed by atoms with Crippen molar-refractivity contribution < 1.29 is 20.1 Å². The highest BCUT2D eigenvalue weighted by atomic mass is 16.5. The molecule has 0 unspecified atom stereocenters. The predicted molar refractivity (Wildman–Crippen MR) is 136 cm³/mol. The molecule has 0 fully saturated rings. The Bertz CT molecular complexity index is 1300. The lowest BCUT2D eigenvalue weighted by molar-refractivity contribution is 0.452. The fourth-order valence-corrected chi connectivity index (χ4v) is 3.95. The summed E-state index contributed by atoms with van der Waals surface area (Å²) in [6.45, 7) is 9.41. The lowest BCUT2D eigenvalue weighted by Crippen LogP contribution is -2.14. The van der Waals surface area contributed by atoms with Crippen LogP contribution in [0, 0.1) is 34.6 Å².